The standard InChI is InChI=1S/C15H18O2/c1-4-12(2)11-14(16)8-5-13-6-9-15(17-3)10-7-13/h4-10,12H,1,11H2,2-3H3/b8-5+/t12-/m1/s1. The van der Waals surface area contributed by atoms with Crippen LogP contribution in [0.1, 0.15) is 18.9 Å². The fraction of sp³-hybridized carbons (Fsp3) is 0.267. The summed E-state index contributed by atoms with van der Waals surface area (Å²) in [6.07, 6.45) is 5.73. The molecule has 2 heteroatoms. The van der Waals surface area contributed by atoms with Crippen LogP contribution in [0.4, 0.5) is 0 Å². The summed E-state index contributed by atoms with van der Waals surface area (Å²) >= 11 is 0. The van der Waals surface area contributed by atoms with Crippen LogP contribution in [0.25, 0.3) is 6.08 Å². The van der Waals surface area contributed by atoms with Gasteiger partial charge in [-0.2, -0.15) is 0 Å². The molecule has 1 rings (SSSR count). The molecule has 1 aromatic rings. The first-order valence-corrected chi connectivity index (χ1v) is 5.63. The molecule has 1 atom stereocenters. The van der Waals surface area contributed by atoms with Crippen molar-refractivity contribution >= 4 is 11.9 Å². The van der Waals surface area contributed by atoms with E-state index in [2.05, 4.69) is 6.58 Å². The van der Waals surface area contributed by atoms with Gasteiger partial charge in [0.15, 0.2) is 5.78 Å². The molecule has 0 fully saturated rings. The van der Waals surface area contributed by atoms with E-state index >= 15 is 0 Å². The Morgan fingerprint density at radius 1 is 1.41 bits per heavy atom. The molecule has 0 spiro atoms. The maximum Gasteiger partial charge on any atom is 0.156 e. The second kappa shape index (κ2) is 6.69. The van der Waals surface area contributed by atoms with E-state index in [1.54, 1.807) is 19.3 Å². The Bertz CT molecular complexity index is 401. The van der Waals surface area contributed by atoms with Crippen molar-refractivity contribution in [2.24, 2.45) is 5.92 Å². The van der Waals surface area contributed by atoms with E-state index in [4.69, 9.17) is 4.74 Å². The number of hydrogen-bond donors (Lipinski definition) is 0. The number of rotatable bonds is 6. The highest BCUT2D eigenvalue weighted by molar-refractivity contribution is 5.93. The summed E-state index contributed by atoms with van der Waals surface area (Å²) in [6, 6.07) is 7.58. The zero-order valence-corrected chi connectivity index (χ0v) is 10.3. The number of methoxy groups -OCH3 is 1. The molecular formula is C15H18O2. The molecule has 90 valence electrons. The second-order valence-corrected chi connectivity index (χ2v) is 3.99. The molecule has 0 unspecified atom stereocenters. The molecule has 0 amide bonds. The highest BCUT2D eigenvalue weighted by atomic mass is 16.5. The van der Waals surface area contributed by atoms with Gasteiger partial charge >= 0.3 is 0 Å². The van der Waals surface area contributed by atoms with Crippen molar-refractivity contribution in [3.63, 3.8) is 0 Å². The zero-order valence-electron chi connectivity index (χ0n) is 10.3. The molecule has 0 radical (unpaired) electrons. The van der Waals surface area contributed by atoms with Crippen LogP contribution < -0.4 is 4.74 Å². The van der Waals surface area contributed by atoms with E-state index in [-0.39, 0.29) is 11.7 Å². The first kappa shape index (κ1) is 13.2. The summed E-state index contributed by atoms with van der Waals surface area (Å²) in [7, 11) is 1.63. The fourth-order valence-electron chi connectivity index (χ4n) is 1.37. The Morgan fingerprint density at radius 2 is 2.06 bits per heavy atom. The van der Waals surface area contributed by atoms with Crippen LogP contribution in [0.5, 0.6) is 5.75 Å². The Morgan fingerprint density at radius 3 is 2.59 bits per heavy atom. The van der Waals surface area contributed by atoms with E-state index in [9.17, 15) is 4.79 Å². The predicted molar refractivity (Wildman–Crippen MR) is 71.0 cm³/mol. The van der Waals surface area contributed by atoms with Crippen molar-refractivity contribution in [3.8, 4) is 5.75 Å². The van der Waals surface area contributed by atoms with Gasteiger partial charge in [0.1, 0.15) is 5.75 Å². The third-order valence-corrected chi connectivity index (χ3v) is 2.50. The van der Waals surface area contributed by atoms with Gasteiger partial charge in [-0.25, -0.2) is 0 Å². The summed E-state index contributed by atoms with van der Waals surface area (Å²) < 4.78 is 5.06. The van der Waals surface area contributed by atoms with Crippen LogP contribution in [0.2, 0.25) is 0 Å². The number of ketones is 1. The third kappa shape index (κ3) is 4.68. The largest absolute Gasteiger partial charge is 0.497 e. The molecule has 0 bridgehead atoms. The Kier molecular flexibility index (Phi) is 5.21. The fourth-order valence-corrected chi connectivity index (χ4v) is 1.37. The van der Waals surface area contributed by atoms with Gasteiger partial charge in [0.05, 0.1) is 7.11 Å². The lowest BCUT2D eigenvalue weighted by Crippen LogP contribution is -1.99. The van der Waals surface area contributed by atoms with Crippen molar-refractivity contribution in [2.75, 3.05) is 7.11 Å². The van der Waals surface area contributed by atoms with E-state index in [1.165, 1.54) is 0 Å². The molecule has 0 heterocycles. The van der Waals surface area contributed by atoms with Crippen LogP contribution in [-0.2, 0) is 4.79 Å². The van der Waals surface area contributed by atoms with Crippen LogP contribution in [-0.4, -0.2) is 12.9 Å². The third-order valence-electron chi connectivity index (χ3n) is 2.50. The smallest absolute Gasteiger partial charge is 0.156 e. The maximum atomic E-state index is 11.5. The lowest BCUT2D eigenvalue weighted by atomic mass is 10.0. The SMILES string of the molecule is C=C[C@@H](C)CC(=O)/C=C/c1ccc(OC)cc1. The summed E-state index contributed by atoms with van der Waals surface area (Å²) in [4.78, 5) is 11.5. The lowest BCUT2D eigenvalue weighted by molar-refractivity contribution is -0.115. The highest BCUT2D eigenvalue weighted by Gasteiger charge is 2.01. The Labute approximate surface area is 103 Å². The van der Waals surface area contributed by atoms with Gasteiger partial charge in [-0.3, -0.25) is 4.79 Å². The number of benzene rings is 1. The number of carbonyl (C=O) groups is 1. The van der Waals surface area contributed by atoms with Gasteiger partial charge in [0.2, 0.25) is 0 Å². The van der Waals surface area contributed by atoms with Gasteiger partial charge in [-0.15, -0.1) is 6.58 Å². The van der Waals surface area contributed by atoms with Crippen molar-refractivity contribution in [3.05, 3.63) is 48.6 Å². The summed E-state index contributed by atoms with van der Waals surface area (Å²) in [6.45, 7) is 5.64. The number of carbonyl (C=O) groups excluding carboxylic acids is 1. The molecule has 0 aliphatic rings. The normalized spacial score (nSPS) is 12.4. The van der Waals surface area contributed by atoms with Gasteiger partial charge in [-0.05, 0) is 29.7 Å². The van der Waals surface area contributed by atoms with E-state index in [0.717, 1.165) is 11.3 Å². The van der Waals surface area contributed by atoms with E-state index < -0.39 is 0 Å². The molecule has 1 aromatic carbocycles. The first-order valence-electron chi connectivity index (χ1n) is 5.63. The second-order valence-electron chi connectivity index (χ2n) is 3.99. The van der Waals surface area contributed by atoms with E-state index in [0.29, 0.717) is 6.42 Å². The molecule has 0 N–H and O–H groups in total. The van der Waals surface area contributed by atoms with Gasteiger partial charge in [0, 0.05) is 6.42 Å². The molecule has 0 aliphatic heterocycles. The van der Waals surface area contributed by atoms with Crippen LogP contribution in [0.15, 0.2) is 43.0 Å². The van der Waals surface area contributed by atoms with Crippen LogP contribution >= 0.6 is 0 Å². The summed E-state index contributed by atoms with van der Waals surface area (Å²) in [5, 5.41) is 0. The van der Waals surface area contributed by atoms with Crippen molar-refractivity contribution in [1.29, 1.82) is 0 Å². The van der Waals surface area contributed by atoms with Crippen molar-refractivity contribution < 1.29 is 9.53 Å². The topological polar surface area (TPSA) is 26.3 Å². The van der Waals surface area contributed by atoms with Gasteiger partial charge in [-0.1, -0.05) is 31.2 Å². The minimum Gasteiger partial charge on any atom is -0.497 e. The predicted octanol–water partition coefficient (Wildman–Crippen LogP) is 3.49. The molecular weight excluding hydrogens is 212 g/mol. The summed E-state index contributed by atoms with van der Waals surface area (Å²) in [5.41, 5.74) is 0.991. The first-order chi connectivity index (χ1) is 8.15. The summed E-state index contributed by atoms with van der Waals surface area (Å²) in [5.74, 6) is 1.16. The molecule has 0 aromatic heterocycles. The maximum absolute atomic E-state index is 11.5. The van der Waals surface area contributed by atoms with Crippen molar-refractivity contribution in [1.82, 2.24) is 0 Å². The monoisotopic (exact) mass is 230 g/mol. The molecule has 17 heavy (non-hydrogen) atoms. The Hall–Kier alpha value is -1.83. The van der Waals surface area contributed by atoms with E-state index in [1.807, 2.05) is 37.3 Å². The minimum absolute atomic E-state index is 0.119. The minimum atomic E-state index is 0.119. The highest BCUT2D eigenvalue weighted by Crippen LogP contribution is 2.12. The number of allylic oxidation sites excluding steroid dienone is 2. The molecule has 2 nitrogen and oxygen atoms in total. The number of hydrogen-bond acceptors (Lipinski definition) is 2. The Balaban J connectivity index is 2.57. The van der Waals surface area contributed by atoms with Crippen molar-refractivity contribution in [2.45, 2.75) is 13.3 Å². The quantitative estimate of drug-likeness (QED) is 0.552. The lowest BCUT2D eigenvalue weighted by Gasteiger charge is -2.01. The number of ether oxygens (including phenoxy) is 1. The zero-order chi connectivity index (χ0) is 12.7. The molecule has 0 saturated heterocycles. The van der Waals surface area contributed by atoms with Crippen LogP contribution in [0, 0.1) is 5.92 Å². The average Bonchev–Trinajstić information content (AvgIpc) is 2.36. The molecule has 0 saturated carbocycles. The van der Waals surface area contributed by atoms with Gasteiger partial charge < -0.3 is 4.74 Å². The van der Waals surface area contributed by atoms with Gasteiger partial charge in [0.25, 0.3) is 0 Å². The average molecular weight is 230 g/mol. The van der Waals surface area contributed by atoms with Crippen LogP contribution in [0.3, 0.4) is 0 Å². The molecule has 0 aliphatic carbocycles.